The second-order valence-electron chi connectivity index (χ2n) is 4.46. The summed E-state index contributed by atoms with van der Waals surface area (Å²) in [6.07, 6.45) is 0. The molecule has 0 aliphatic rings. The predicted molar refractivity (Wildman–Crippen MR) is 77.4 cm³/mol. The minimum absolute atomic E-state index is 0.160. The third-order valence-electron chi connectivity index (χ3n) is 3.06. The number of aromatic nitrogens is 1. The minimum Gasteiger partial charge on any atom is -0.481 e. The number of nitrogens with one attached hydrogen (secondary N) is 1. The molecular weight excluding hydrogens is 260 g/mol. The normalized spacial score (nSPS) is 13.8. The van der Waals surface area contributed by atoms with Crippen LogP contribution in [0, 0.1) is 5.92 Å². The summed E-state index contributed by atoms with van der Waals surface area (Å²) in [4.78, 5) is 15.4. The average molecular weight is 276 g/mol. The van der Waals surface area contributed by atoms with Crippen molar-refractivity contribution in [2.45, 2.75) is 19.9 Å². The van der Waals surface area contributed by atoms with Crippen molar-refractivity contribution in [1.82, 2.24) is 4.98 Å². The van der Waals surface area contributed by atoms with Gasteiger partial charge in [0.25, 0.3) is 0 Å². The van der Waals surface area contributed by atoms with E-state index >= 15 is 0 Å². The van der Waals surface area contributed by atoms with Gasteiger partial charge in [0.1, 0.15) is 0 Å². The molecule has 1 aromatic carbocycles. The Hall–Kier alpha value is -1.88. The van der Waals surface area contributed by atoms with E-state index in [1.165, 1.54) is 11.3 Å². The van der Waals surface area contributed by atoms with E-state index in [0.29, 0.717) is 0 Å². The number of thiazole rings is 1. The zero-order valence-corrected chi connectivity index (χ0v) is 11.6. The lowest BCUT2D eigenvalue weighted by atomic mass is 10.1. The van der Waals surface area contributed by atoms with E-state index in [2.05, 4.69) is 10.3 Å². The molecule has 0 saturated carbocycles. The maximum Gasteiger partial charge on any atom is 0.308 e. The summed E-state index contributed by atoms with van der Waals surface area (Å²) in [7, 11) is 0. The van der Waals surface area contributed by atoms with E-state index in [4.69, 9.17) is 5.11 Å². The quantitative estimate of drug-likeness (QED) is 0.879. The number of hydrogen-bond acceptors (Lipinski definition) is 4. The zero-order valence-electron chi connectivity index (χ0n) is 10.8. The van der Waals surface area contributed by atoms with Crippen molar-refractivity contribution in [3.05, 3.63) is 35.7 Å². The first-order valence-electron chi connectivity index (χ1n) is 6.08. The highest BCUT2D eigenvalue weighted by Gasteiger charge is 2.20. The maximum absolute atomic E-state index is 10.9. The van der Waals surface area contributed by atoms with Crippen LogP contribution in [0.3, 0.4) is 0 Å². The fourth-order valence-electron chi connectivity index (χ4n) is 1.62. The Morgan fingerprint density at radius 2 is 2.00 bits per heavy atom. The second kappa shape index (κ2) is 5.84. The van der Waals surface area contributed by atoms with Crippen molar-refractivity contribution in [3.8, 4) is 11.3 Å². The predicted octanol–water partition coefficient (Wildman–Crippen LogP) is 3.33. The van der Waals surface area contributed by atoms with Gasteiger partial charge in [-0.1, -0.05) is 30.3 Å². The smallest absolute Gasteiger partial charge is 0.308 e. The highest BCUT2D eigenvalue weighted by atomic mass is 32.1. The van der Waals surface area contributed by atoms with E-state index in [1.807, 2.05) is 42.6 Å². The van der Waals surface area contributed by atoms with Crippen LogP contribution in [0.5, 0.6) is 0 Å². The summed E-state index contributed by atoms with van der Waals surface area (Å²) in [6, 6.07) is 9.75. The van der Waals surface area contributed by atoms with Gasteiger partial charge in [-0.3, -0.25) is 4.79 Å². The Morgan fingerprint density at radius 3 is 2.63 bits per heavy atom. The van der Waals surface area contributed by atoms with Gasteiger partial charge in [0.05, 0.1) is 11.6 Å². The summed E-state index contributed by atoms with van der Waals surface area (Å²) in [5.74, 6) is -1.26. The maximum atomic E-state index is 10.9. The third kappa shape index (κ3) is 3.32. The molecule has 2 N–H and O–H groups in total. The van der Waals surface area contributed by atoms with Crippen LogP contribution in [-0.4, -0.2) is 22.1 Å². The number of rotatable bonds is 5. The molecule has 100 valence electrons. The summed E-state index contributed by atoms with van der Waals surface area (Å²) < 4.78 is 0. The molecule has 2 aromatic rings. The second-order valence-corrected chi connectivity index (χ2v) is 5.32. The van der Waals surface area contributed by atoms with Crippen LogP contribution < -0.4 is 5.32 Å². The van der Waals surface area contributed by atoms with Gasteiger partial charge in [-0.15, -0.1) is 11.3 Å². The van der Waals surface area contributed by atoms with Crippen LogP contribution in [0.25, 0.3) is 11.3 Å². The van der Waals surface area contributed by atoms with Crippen molar-refractivity contribution in [1.29, 1.82) is 0 Å². The number of aliphatic carboxylic acids is 1. The van der Waals surface area contributed by atoms with Crippen LogP contribution in [0.4, 0.5) is 5.13 Å². The van der Waals surface area contributed by atoms with Gasteiger partial charge in [-0.05, 0) is 13.8 Å². The molecule has 4 nitrogen and oxygen atoms in total. The van der Waals surface area contributed by atoms with E-state index in [-0.39, 0.29) is 6.04 Å². The van der Waals surface area contributed by atoms with Gasteiger partial charge < -0.3 is 10.4 Å². The van der Waals surface area contributed by atoms with Gasteiger partial charge >= 0.3 is 5.97 Å². The molecule has 0 saturated heterocycles. The fourth-order valence-corrected chi connectivity index (χ4v) is 2.43. The summed E-state index contributed by atoms with van der Waals surface area (Å²) in [6.45, 7) is 3.54. The number of carboxylic acids is 1. The van der Waals surface area contributed by atoms with Crippen LogP contribution in [0.15, 0.2) is 35.7 Å². The van der Waals surface area contributed by atoms with E-state index in [1.54, 1.807) is 6.92 Å². The molecule has 5 heteroatoms. The molecule has 0 fully saturated rings. The molecule has 2 rings (SSSR count). The number of carboxylic acid groups (broad SMARTS) is 1. The molecule has 1 aromatic heterocycles. The monoisotopic (exact) mass is 276 g/mol. The largest absolute Gasteiger partial charge is 0.481 e. The summed E-state index contributed by atoms with van der Waals surface area (Å²) in [5.41, 5.74) is 1.97. The molecular formula is C14H16N2O2S. The first kappa shape index (κ1) is 13.5. The minimum atomic E-state index is -0.806. The van der Waals surface area contributed by atoms with E-state index in [9.17, 15) is 4.79 Å². The lowest BCUT2D eigenvalue weighted by Gasteiger charge is -2.16. The zero-order chi connectivity index (χ0) is 13.8. The molecule has 0 amide bonds. The standard InChI is InChI=1S/C14H16N2O2S/c1-9(13(17)18)10(2)15-14-16-12(8-19-14)11-6-4-3-5-7-11/h3-10H,1-2H3,(H,15,16)(H,17,18). The number of nitrogens with zero attached hydrogens (tertiary/aromatic N) is 1. The van der Waals surface area contributed by atoms with Crippen molar-refractivity contribution in [2.24, 2.45) is 5.92 Å². The molecule has 1 heterocycles. The third-order valence-corrected chi connectivity index (χ3v) is 3.84. The summed E-state index contributed by atoms with van der Waals surface area (Å²) in [5, 5.41) is 14.8. The van der Waals surface area contributed by atoms with Gasteiger partial charge in [0.2, 0.25) is 0 Å². The van der Waals surface area contributed by atoms with Crippen molar-refractivity contribution in [2.75, 3.05) is 5.32 Å². The lowest BCUT2D eigenvalue weighted by molar-refractivity contribution is -0.141. The average Bonchev–Trinajstić information content (AvgIpc) is 2.87. The van der Waals surface area contributed by atoms with Gasteiger partial charge in [-0.2, -0.15) is 0 Å². The SMILES string of the molecule is CC(Nc1nc(-c2ccccc2)cs1)C(C)C(=O)O. The summed E-state index contributed by atoms with van der Waals surface area (Å²) >= 11 is 1.49. The Morgan fingerprint density at radius 1 is 1.32 bits per heavy atom. The molecule has 0 bridgehead atoms. The number of anilines is 1. The van der Waals surface area contributed by atoms with Crippen molar-refractivity contribution < 1.29 is 9.90 Å². The van der Waals surface area contributed by atoms with Crippen LogP contribution in [-0.2, 0) is 4.79 Å². The van der Waals surface area contributed by atoms with Gasteiger partial charge in [0.15, 0.2) is 5.13 Å². The number of hydrogen-bond donors (Lipinski definition) is 2. The fraction of sp³-hybridized carbons (Fsp3) is 0.286. The Labute approximate surface area is 116 Å². The van der Waals surface area contributed by atoms with Crippen molar-refractivity contribution >= 4 is 22.4 Å². The Balaban J connectivity index is 2.08. The first-order chi connectivity index (χ1) is 9.08. The topological polar surface area (TPSA) is 62.2 Å². The molecule has 0 spiro atoms. The lowest BCUT2D eigenvalue weighted by Crippen LogP contribution is -2.29. The Kier molecular flexibility index (Phi) is 4.16. The molecule has 0 radical (unpaired) electrons. The van der Waals surface area contributed by atoms with Crippen LogP contribution >= 0.6 is 11.3 Å². The van der Waals surface area contributed by atoms with Gasteiger partial charge in [-0.25, -0.2) is 4.98 Å². The highest BCUT2D eigenvalue weighted by Crippen LogP contribution is 2.25. The van der Waals surface area contributed by atoms with Gasteiger partial charge in [0, 0.05) is 17.0 Å². The first-order valence-corrected chi connectivity index (χ1v) is 6.96. The molecule has 0 aliphatic carbocycles. The highest BCUT2D eigenvalue weighted by molar-refractivity contribution is 7.14. The van der Waals surface area contributed by atoms with Crippen LogP contribution in [0.2, 0.25) is 0 Å². The molecule has 19 heavy (non-hydrogen) atoms. The molecule has 2 unspecified atom stereocenters. The molecule has 0 aliphatic heterocycles. The van der Waals surface area contributed by atoms with E-state index in [0.717, 1.165) is 16.4 Å². The van der Waals surface area contributed by atoms with E-state index < -0.39 is 11.9 Å². The molecule has 2 atom stereocenters. The van der Waals surface area contributed by atoms with Crippen LogP contribution in [0.1, 0.15) is 13.8 Å². The number of carbonyl (C=O) groups is 1. The number of benzene rings is 1. The van der Waals surface area contributed by atoms with Crippen molar-refractivity contribution in [3.63, 3.8) is 0 Å². The Bertz CT molecular complexity index is 554.